The third-order valence-corrected chi connectivity index (χ3v) is 3.97. The van der Waals surface area contributed by atoms with Crippen molar-refractivity contribution in [3.8, 4) is 11.8 Å². The van der Waals surface area contributed by atoms with Crippen LogP contribution < -0.4 is 4.74 Å². The zero-order chi connectivity index (χ0) is 18.4. The molecule has 9 heteroatoms. The van der Waals surface area contributed by atoms with Gasteiger partial charge in [-0.3, -0.25) is 4.79 Å². The van der Waals surface area contributed by atoms with Crippen molar-refractivity contribution in [3.63, 3.8) is 0 Å². The van der Waals surface area contributed by atoms with E-state index in [-0.39, 0.29) is 28.3 Å². The van der Waals surface area contributed by atoms with Gasteiger partial charge in [0.1, 0.15) is 5.92 Å². The summed E-state index contributed by atoms with van der Waals surface area (Å²) < 4.78 is 24.4. The van der Waals surface area contributed by atoms with Crippen LogP contribution in [0.5, 0.6) is 5.75 Å². The highest BCUT2D eigenvalue weighted by Crippen LogP contribution is 2.25. The van der Waals surface area contributed by atoms with Gasteiger partial charge in [0, 0.05) is 5.71 Å². The summed E-state index contributed by atoms with van der Waals surface area (Å²) in [5, 5.41) is 24.0. The zero-order valence-corrected chi connectivity index (χ0v) is 14.3. The van der Waals surface area contributed by atoms with E-state index in [2.05, 4.69) is 10.2 Å². The number of para-hydroxylation sites is 1. The molecule has 0 aliphatic rings. The molecule has 0 spiro atoms. The number of nitrogens with zero attached hydrogens (tertiary/aromatic N) is 3. The SMILES string of the molecule is CC(=N)[C@@H](C#N)C(=O)CSc1nnc([C@@H](C)Oc2ccccc2F)o1. The van der Waals surface area contributed by atoms with Gasteiger partial charge < -0.3 is 14.6 Å². The van der Waals surface area contributed by atoms with E-state index in [4.69, 9.17) is 19.8 Å². The number of ether oxygens (including phenoxy) is 1. The minimum atomic E-state index is -1.07. The van der Waals surface area contributed by atoms with Crippen molar-refractivity contribution in [1.82, 2.24) is 10.2 Å². The minimum Gasteiger partial charge on any atom is -0.478 e. The van der Waals surface area contributed by atoms with Crippen molar-refractivity contribution < 1.29 is 18.3 Å². The maximum atomic E-state index is 13.6. The van der Waals surface area contributed by atoms with E-state index in [1.807, 2.05) is 0 Å². The van der Waals surface area contributed by atoms with Gasteiger partial charge in [-0.25, -0.2) is 4.39 Å². The Balaban J connectivity index is 1.96. The monoisotopic (exact) mass is 362 g/mol. The quantitative estimate of drug-likeness (QED) is 0.566. The molecule has 0 aliphatic heterocycles. The van der Waals surface area contributed by atoms with Crippen LogP contribution in [0.2, 0.25) is 0 Å². The van der Waals surface area contributed by atoms with E-state index >= 15 is 0 Å². The van der Waals surface area contributed by atoms with Crippen molar-refractivity contribution >= 4 is 23.3 Å². The first-order valence-electron chi connectivity index (χ1n) is 7.27. The average molecular weight is 362 g/mol. The van der Waals surface area contributed by atoms with Gasteiger partial charge in [-0.2, -0.15) is 5.26 Å². The molecular weight excluding hydrogens is 347 g/mol. The van der Waals surface area contributed by atoms with Crippen LogP contribution in [0.3, 0.4) is 0 Å². The molecule has 0 aliphatic carbocycles. The van der Waals surface area contributed by atoms with Gasteiger partial charge in [0.2, 0.25) is 0 Å². The molecule has 0 saturated carbocycles. The number of nitriles is 1. The van der Waals surface area contributed by atoms with Gasteiger partial charge in [0.05, 0.1) is 11.8 Å². The number of ketones is 1. The standard InChI is InChI=1S/C16H15FN4O3S/c1-9(19)11(7-18)13(22)8-25-16-21-20-15(24-16)10(2)23-14-6-4-3-5-12(14)17/h3-6,10-11,19H,8H2,1-2H3/t10-,11-/m1/s1. The third kappa shape index (κ3) is 4.87. The number of halogens is 1. The summed E-state index contributed by atoms with van der Waals surface area (Å²) in [5.41, 5.74) is -0.00812. The summed E-state index contributed by atoms with van der Waals surface area (Å²) in [6.45, 7) is 3.03. The van der Waals surface area contributed by atoms with E-state index in [0.29, 0.717) is 0 Å². The fourth-order valence-corrected chi connectivity index (χ4v) is 2.53. The Morgan fingerprint density at radius 2 is 2.20 bits per heavy atom. The highest BCUT2D eigenvalue weighted by atomic mass is 32.2. The number of carbonyl (C=O) groups excluding carboxylic acids is 1. The summed E-state index contributed by atoms with van der Waals surface area (Å²) in [7, 11) is 0. The lowest BCUT2D eigenvalue weighted by molar-refractivity contribution is -0.117. The highest BCUT2D eigenvalue weighted by Gasteiger charge is 2.22. The normalized spacial score (nSPS) is 12.9. The van der Waals surface area contributed by atoms with E-state index in [1.165, 1.54) is 19.1 Å². The van der Waals surface area contributed by atoms with Crippen LogP contribution in [0, 0.1) is 28.5 Å². The van der Waals surface area contributed by atoms with Crippen LogP contribution in [0.25, 0.3) is 0 Å². The van der Waals surface area contributed by atoms with Crippen LogP contribution >= 0.6 is 11.8 Å². The third-order valence-electron chi connectivity index (χ3n) is 3.13. The molecule has 0 radical (unpaired) electrons. The molecule has 2 atom stereocenters. The second kappa shape index (κ2) is 8.39. The lowest BCUT2D eigenvalue weighted by Crippen LogP contribution is -2.21. The first-order valence-corrected chi connectivity index (χ1v) is 8.25. The summed E-state index contributed by atoms with van der Waals surface area (Å²) in [6, 6.07) is 7.74. The van der Waals surface area contributed by atoms with E-state index in [1.54, 1.807) is 25.1 Å². The maximum absolute atomic E-state index is 13.6. The molecule has 1 heterocycles. The highest BCUT2D eigenvalue weighted by molar-refractivity contribution is 7.99. The van der Waals surface area contributed by atoms with Crippen LogP contribution in [0.15, 0.2) is 33.9 Å². The summed E-state index contributed by atoms with van der Waals surface area (Å²) in [5.74, 6) is -1.85. The molecule has 7 nitrogen and oxygen atoms in total. The number of aromatic nitrogens is 2. The molecule has 0 unspecified atom stereocenters. The second-order valence-corrected chi connectivity index (χ2v) is 6.02. The number of hydrogen-bond donors (Lipinski definition) is 1. The first-order chi connectivity index (χ1) is 11.9. The predicted molar refractivity (Wildman–Crippen MR) is 88.0 cm³/mol. The average Bonchev–Trinajstić information content (AvgIpc) is 3.04. The fraction of sp³-hybridized carbons (Fsp3) is 0.312. The number of thioether (sulfide) groups is 1. The number of carbonyl (C=O) groups is 1. The molecule has 0 amide bonds. The van der Waals surface area contributed by atoms with E-state index < -0.39 is 23.6 Å². The number of Topliss-reactive ketones (excluding diaryl/α,β-unsaturated/α-hetero) is 1. The largest absolute Gasteiger partial charge is 0.478 e. The molecule has 2 rings (SSSR count). The van der Waals surface area contributed by atoms with Gasteiger partial charge >= 0.3 is 0 Å². The Kier molecular flexibility index (Phi) is 6.25. The fourth-order valence-electron chi connectivity index (χ4n) is 1.85. The zero-order valence-electron chi connectivity index (χ0n) is 13.5. The molecule has 130 valence electrons. The predicted octanol–water partition coefficient (Wildman–Crippen LogP) is 3.19. The van der Waals surface area contributed by atoms with E-state index in [9.17, 15) is 9.18 Å². The van der Waals surface area contributed by atoms with Gasteiger partial charge in [0.25, 0.3) is 11.1 Å². The Morgan fingerprint density at radius 1 is 1.48 bits per heavy atom. The van der Waals surface area contributed by atoms with Crippen molar-refractivity contribution in [2.24, 2.45) is 5.92 Å². The van der Waals surface area contributed by atoms with Crippen LogP contribution in [0.1, 0.15) is 25.8 Å². The van der Waals surface area contributed by atoms with Crippen LogP contribution in [0.4, 0.5) is 4.39 Å². The van der Waals surface area contributed by atoms with Crippen LogP contribution in [-0.4, -0.2) is 27.4 Å². The number of benzene rings is 1. The molecule has 25 heavy (non-hydrogen) atoms. The van der Waals surface area contributed by atoms with Gasteiger partial charge in [-0.1, -0.05) is 23.9 Å². The Hall–Kier alpha value is -2.73. The van der Waals surface area contributed by atoms with E-state index in [0.717, 1.165) is 11.8 Å². The molecule has 1 aromatic carbocycles. The topological polar surface area (TPSA) is 113 Å². The van der Waals surface area contributed by atoms with Crippen molar-refractivity contribution in [3.05, 3.63) is 36.0 Å². The number of nitrogens with one attached hydrogen (secondary N) is 1. The summed E-state index contributed by atoms with van der Waals surface area (Å²) >= 11 is 0.970. The molecule has 0 bridgehead atoms. The Labute approximate surface area is 147 Å². The summed E-state index contributed by atoms with van der Waals surface area (Å²) in [4.78, 5) is 11.9. The first kappa shape index (κ1) is 18.6. The van der Waals surface area contributed by atoms with Crippen molar-refractivity contribution in [2.75, 3.05) is 5.75 Å². The summed E-state index contributed by atoms with van der Waals surface area (Å²) in [6.07, 6.45) is -0.676. The smallest absolute Gasteiger partial charge is 0.277 e. The molecule has 1 aromatic heterocycles. The lowest BCUT2D eigenvalue weighted by atomic mass is 10.0. The van der Waals surface area contributed by atoms with Gasteiger partial charge in [-0.05, 0) is 26.0 Å². The Morgan fingerprint density at radius 3 is 2.84 bits per heavy atom. The molecule has 0 saturated heterocycles. The number of hydrogen-bond acceptors (Lipinski definition) is 8. The Bertz CT molecular complexity index is 818. The van der Waals surface area contributed by atoms with Crippen molar-refractivity contribution in [2.45, 2.75) is 25.2 Å². The molecule has 1 N–H and O–H groups in total. The maximum Gasteiger partial charge on any atom is 0.277 e. The van der Waals surface area contributed by atoms with Gasteiger partial charge in [-0.15, -0.1) is 10.2 Å². The van der Waals surface area contributed by atoms with Crippen LogP contribution in [-0.2, 0) is 4.79 Å². The lowest BCUT2D eigenvalue weighted by Gasteiger charge is -2.11. The van der Waals surface area contributed by atoms with Gasteiger partial charge in [0.15, 0.2) is 23.5 Å². The van der Waals surface area contributed by atoms with Crippen molar-refractivity contribution in [1.29, 1.82) is 10.7 Å². The number of rotatable bonds is 8. The minimum absolute atomic E-state index is 0.00812. The molecule has 2 aromatic rings. The molecular formula is C16H15FN4O3S. The molecule has 0 fully saturated rings. The second-order valence-electron chi connectivity index (χ2n) is 5.10.